The Bertz CT molecular complexity index is 652. The first-order chi connectivity index (χ1) is 10.1. The van der Waals surface area contributed by atoms with Gasteiger partial charge in [0.25, 0.3) is 0 Å². The molecule has 0 aromatic heterocycles. The molecule has 0 radical (unpaired) electrons. The fourth-order valence-corrected chi connectivity index (χ4v) is 2.54. The lowest BCUT2D eigenvalue weighted by atomic mass is 10.1. The van der Waals surface area contributed by atoms with E-state index in [9.17, 15) is 13.2 Å². The van der Waals surface area contributed by atoms with Gasteiger partial charge in [0.15, 0.2) is 0 Å². The lowest BCUT2D eigenvalue weighted by Gasteiger charge is -2.15. The Hall–Kier alpha value is -2.17. The molecule has 21 heavy (non-hydrogen) atoms. The number of rotatable bonds is 3. The van der Waals surface area contributed by atoms with Gasteiger partial charge in [-0.05, 0) is 35.7 Å². The van der Waals surface area contributed by atoms with Gasteiger partial charge >= 0.3 is 6.18 Å². The lowest BCUT2D eigenvalue weighted by Crippen LogP contribution is -2.09. The summed E-state index contributed by atoms with van der Waals surface area (Å²) in [6, 6.07) is 11.0. The van der Waals surface area contributed by atoms with Crippen LogP contribution in [0.2, 0.25) is 0 Å². The van der Waals surface area contributed by atoms with E-state index in [-0.39, 0.29) is 12.4 Å². The quantitative estimate of drug-likeness (QED) is 0.913. The number of hydrogen-bond acceptors (Lipinski definition) is 2. The Labute approximate surface area is 120 Å². The molecule has 5 heteroatoms. The zero-order valence-electron chi connectivity index (χ0n) is 11.2. The fraction of sp³-hybridized carbons (Fsp3) is 0.250. The van der Waals surface area contributed by atoms with E-state index in [0.717, 1.165) is 35.8 Å². The normalized spacial score (nSPS) is 13.7. The summed E-state index contributed by atoms with van der Waals surface area (Å²) in [6.45, 7) is 0.990. The molecular formula is C16H14F3NO. The third-order valence-corrected chi connectivity index (χ3v) is 3.54. The molecule has 2 nitrogen and oxygen atoms in total. The molecule has 0 bridgehead atoms. The summed E-state index contributed by atoms with van der Waals surface area (Å²) in [5.74, 6) is -0.131. The number of anilines is 1. The highest BCUT2D eigenvalue weighted by molar-refractivity contribution is 5.58. The molecule has 1 aliphatic heterocycles. The van der Waals surface area contributed by atoms with Crippen molar-refractivity contribution in [3.63, 3.8) is 0 Å². The van der Waals surface area contributed by atoms with E-state index in [1.165, 1.54) is 12.1 Å². The standard InChI is InChI=1S/C16H14F3NO/c17-16(18,19)13-5-1-2-7-15(13)21-10-11-4-3-6-14-12(11)8-9-20-14/h1-7,20H,8-10H2. The second-order valence-corrected chi connectivity index (χ2v) is 4.90. The number of para-hydroxylation sites is 1. The van der Waals surface area contributed by atoms with Crippen LogP contribution in [0.3, 0.4) is 0 Å². The van der Waals surface area contributed by atoms with Crippen molar-refractivity contribution in [2.75, 3.05) is 11.9 Å². The summed E-state index contributed by atoms with van der Waals surface area (Å²) < 4.78 is 44.1. The van der Waals surface area contributed by atoms with Crippen molar-refractivity contribution in [1.82, 2.24) is 0 Å². The van der Waals surface area contributed by atoms with E-state index in [2.05, 4.69) is 5.32 Å². The molecule has 0 saturated carbocycles. The first-order valence-corrected chi connectivity index (χ1v) is 6.69. The first-order valence-electron chi connectivity index (χ1n) is 6.69. The van der Waals surface area contributed by atoms with Crippen LogP contribution in [0.25, 0.3) is 0 Å². The minimum atomic E-state index is -4.41. The predicted molar refractivity (Wildman–Crippen MR) is 74.4 cm³/mol. The van der Waals surface area contributed by atoms with Gasteiger partial charge in [-0.25, -0.2) is 0 Å². The van der Waals surface area contributed by atoms with E-state index in [0.29, 0.717) is 0 Å². The Kier molecular flexibility index (Phi) is 3.49. The summed E-state index contributed by atoms with van der Waals surface area (Å²) >= 11 is 0. The molecule has 0 atom stereocenters. The molecule has 0 unspecified atom stereocenters. The molecule has 0 fully saturated rings. The average molecular weight is 293 g/mol. The SMILES string of the molecule is FC(F)(F)c1ccccc1OCc1cccc2c1CCN2. The minimum Gasteiger partial charge on any atom is -0.488 e. The molecule has 0 amide bonds. The molecule has 0 spiro atoms. The highest BCUT2D eigenvalue weighted by Crippen LogP contribution is 2.36. The van der Waals surface area contributed by atoms with Crippen LogP contribution in [0.1, 0.15) is 16.7 Å². The van der Waals surface area contributed by atoms with Crippen LogP contribution < -0.4 is 10.1 Å². The van der Waals surface area contributed by atoms with Crippen LogP contribution in [-0.2, 0) is 19.2 Å². The molecule has 110 valence electrons. The van der Waals surface area contributed by atoms with Crippen molar-refractivity contribution in [3.05, 3.63) is 59.2 Å². The van der Waals surface area contributed by atoms with E-state index in [4.69, 9.17) is 4.74 Å². The second-order valence-electron chi connectivity index (χ2n) is 4.90. The fourth-order valence-electron chi connectivity index (χ4n) is 2.54. The summed E-state index contributed by atoms with van der Waals surface area (Å²) in [5, 5.41) is 3.24. The lowest BCUT2D eigenvalue weighted by molar-refractivity contribution is -0.139. The highest BCUT2D eigenvalue weighted by atomic mass is 19.4. The number of nitrogens with one attached hydrogen (secondary N) is 1. The summed E-state index contributed by atoms with van der Waals surface area (Å²) in [7, 11) is 0. The smallest absolute Gasteiger partial charge is 0.419 e. The largest absolute Gasteiger partial charge is 0.488 e. The third-order valence-electron chi connectivity index (χ3n) is 3.54. The van der Waals surface area contributed by atoms with Crippen LogP contribution in [0.4, 0.5) is 18.9 Å². The van der Waals surface area contributed by atoms with Crippen molar-refractivity contribution in [2.45, 2.75) is 19.2 Å². The highest BCUT2D eigenvalue weighted by Gasteiger charge is 2.34. The topological polar surface area (TPSA) is 21.3 Å². The Balaban J connectivity index is 1.82. The number of alkyl halides is 3. The van der Waals surface area contributed by atoms with Crippen molar-refractivity contribution in [2.24, 2.45) is 0 Å². The maximum absolute atomic E-state index is 12.9. The molecule has 1 aliphatic rings. The maximum atomic E-state index is 12.9. The Morgan fingerprint density at radius 2 is 1.86 bits per heavy atom. The van der Waals surface area contributed by atoms with Gasteiger partial charge in [0.2, 0.25) is 0 Å². The van der Waals surface area contributed by atoms with E-state index < -0.39 is 11.7 Å². The van der Waals surface area contributed by atoms with Crippen LogP contribution >= 0.6 is 0 Å². The molecule has 2 aromatic rings. The molecule has 1 N–H and O–H groups in total. The van der Waals surface area contributed by atoms with Crippen LogP contribution in [0, 0.1) is 0 Å². The Morgan fingerprint density at radius 1 is 1.05 bits per heavy atom. The number of fused-ring (bicyclic) bond motifs is 1. The summed E-state index contributed by atoms with van der Waals surface area (Å²) in [6.07, 6.45) is -3.54. The molecular weight excluding hydrogens is 279 g/mol. The molecule has 0 aliphatic carbocycles. The first kappa shape index (κ1) is 13.8. The number of ether oxygens (including phenoxy) is 1. The van der Waals surface area contributed by atoms with Crippen molar-refractivity contribution >= 4 is 5.69 Å². The zero-order chi connectivity index (χ0) is 14.9. The molecule has 0 saturated heterocycles. The summed E-state index contributed by atoms with van der Waals surface area (Å²) in [4.78, 5) is 0. The molecule has 2 aromatic carbocycles. The number of hydrogen-bond donors (Lipinski definition) is 1. The van der Waals surface area contributed by atoms with Gasteiger partial charge in [-0.2, -0.15) is 13.2 Å². The maximum Gasteiger partial charge on any atom is 0.419 e. The van der Waals surface area contributed by atoms with Crippen LogP contribution in [0.5, 0.6) is 5.75 Å². The van der Waals surface area contributed by atoms with Gasteiger partial charge in [0.1, 0.15) is 12.4 Å². The minimum absolute atomic E-state index is 0.131. The van der Waals surface area contributed by atoms with E-state index in [1.807, 2.05) is 18.2 Å². The van der Waals surface area contributed by atoms with Gasteiger partial charge in [-0.3, -0.25) is 0 Å². The van der Waals surface area contributed by atoms with Crippen LogP contribution in [-0.4, -0.2) is 6.54 Å². The van der Waals surface area contributed by atoms with Gasteiger partial charge in [-0.1, -0.05) is 24.3 Å². The molecule has 3 rings (SSSR count). The van der Waals surface area contributed by atoms with Gasteiger partial charge in [0, 0.05) is 12.2 Å². The van der Waals surface area contributed by atoms with Gasteiger partial charge < -0.3 is 10.1 Å². The average Bonchev–Trinajstić information content (AvgIpc) is 2.93. The van der Waals surface area contributed by atoms with Crippen molar-refractivity contribution < 1.29 is 17.9 Å². The van der Waals surface area contributed by atoms with E-state index >= 15 is 0 Å². The number of halogens is 3. The molecule has 1 heterocycles. The third kappa shape index (κ3) is 2.82. The second kappa shape index (κ2) is 5.31. The Morgan fingerprint density at radius 3 is 2.67 bits per heavy atom. The number of benzene rings is 2. The summed E-state index contributed by atoms with van der Waals surface area (Å²) in [5.41, 5.74) is 2.35. The zero-order valence-corrected chi connectivity index (χ0v) is 11.2. The van der Waals surface area contributed by atoms with Crippen molar-refractivity contribution in [3.8, 4) is 5.75 Å². The van der Waals surface area contributed by atoms with Crippen LogP contribution in [0.15, 0.2) is 42.5 Å². The predicted octanol–water partition coefficient (Wildman–Crippen LogP) is 4.25. The monoisotopic (exact) mass is 293 g/mol. The van der Waals surface area contributed by atoms with Crippen molar-refractivity contribution in [1.29, 1.82) is 0 Å². The van der Waals surface area contributed by atoms with Gasteiger partial charge in [-0.15, -0.1) is 0 Å². The van der Waals surface area contributed by atoms with E-state index in [1.54, 1.807) is 6.07 Å². The van der Waals surface area contributed by atoms with Gasteiger partial charge in [0.05, 0.1) is 5.56 Å².